The molecule has 0 aromatic rings. The molecule has 1 unspecified atom stereocenters. The predicted octanol–water partition coefficient (Wildman–Crippen LogP) is 5.40. The maximum absolute atomic E-state index is 6.17. The molecule has 1 spiro atoms. The number of ether oxygens (including phenoxy) is 3. The second kappa shape index (κ2) is 13.0. The van der Waals surface area contributed by atoms with Crippen molar-refractivity contribution >= 4 is 0 Å². The maximum Gasteiger partial charge on any atom is 0.196 e. The predicted molar refractivity (Wildman–Crippen MR) is 96.6 cm³/mol. The van der Waals surface area contributed by atoms with Gasteiger partial charge >= 0.3 is 0 Å². The van der Waals surface area contributed by atoms with E-state index >= 15 is 0 Å². The molecule has 25 heavy (non-hydrogen) atoms. The van der Waals surface area contributed by atoms with Crippen LogP contribution >= 0.6 is 0 Å². The summed E-state index contributed by atoms with van der Waals surface area (Å²) >= 11 is 0. The zero-order valence-electron chi connectivity index (χ0n) is 17.0. The summed E-state index contributed by atoms with van der Waals surface area (Å²) in [6.07, 6.45) is 8.62. The SMILES string of the molecule is CC1=CC=C2C(C1)OC(C)(C)CC21OCCO1.CCC.CCC.[W].[W]. The molecule has 2 heterocycles. The summed E-state index contributed by atoms with van der Waals surface area (Å²) in [5.74, 6) is -0.524. The first kappa shape index (κ1) is 28.0. The topological polar surface area (TPSA) is 27.7 Å². The standard InChI is InChI=1S/C14H20O3.2C3H8.2W/c1-10-4-5-11-12(8-10)17-13(2,3)9-14(11)15-6-7-16-14;2*1-3-2;;/h4-5,12H,6-9H2,1-3H3;2*3H2,1-2H3;;. The van der Waals surface area contributed by atoms with Gasteiger partial charge in [0.05, 0.1) is 24.9 Å². The molecule has 146 valence electrons. The molecule has 3 rings (SSSR count). The second-order valence-corrected chi connectivity index (χ2v) is 7.25. The summed E-state index contributed by atoms with van der Waals surface area (Å²) in [6, 6.07) is 0. The Morgan fingerprint density at radius 2 is 1.44 bits per heavy atom. The number of allylic oxidation sites excluding steroid dienone is 2. The summed E-state index contributed by atoms with van der Waals surface area (Å²) in [7, 11) is 0. The Labute approximate surface area is 183 Å². The van der Waals surface area contributed by atoms with Crippen molar-refractivity contribution in [1.29, 1.82) is 0 Å². The Kier molecular flexibility index (Phi) is 14.5. The van der Waals surface area contributed by atoms with Crippen LogP contribution in [-0.4, -0.2) is 30.7 Å². The van der Waals surface area contributed by atoms with Gasteiger partial charge < -0.3 is 14.2 Å². The summed E-state index contributed by atoms with van der Waals surface area (Å²) in [5, 5.41) is 0. The molecule has 1 aliphatic carbocycles. The summed E-state index contributed by atoms with van der Waals surface area (Å²) in [5.41, 5.74) is 2.33. The van der Waals surface area contributed by atoms with Gasteiger partial charge in [-0.1, -0.05) is 58.3 Å². The Hall–Kier alpha value is 0.737. The van der Waals surface area contributed by atoms with E-state index in [4.69, 9.17) is 14.2 Å². The van der Waals surface area contributed by atoms with Gasteiger partial charge in [0.2, 0.25) is 0 Å². The normalized spacial score (nSPS) is 24.7. The molecule has 2 saturated heterocycles. The molecular formula is C20H36O3W2. The van der Waals surface area contributed by atoms with Crippen molar-refractivity contribution in [1.82, 2.24) is 0 Å². The maximum atomic E-state index is 6.17. The molecule has 2 aliphatic heterocycles. The molecular weight excluding hydrogens is 656 g/mol. The fourth-order valence-corrected chi connectivity index (χ4v) is 3.10. The number of hydrogen-bond donors (Lipinski definition) is 0. The molecule has 0 aromatic heterocycles. The van der Waals surface area contributed by atoms with Crippen LogP contribution in [0.4, 0.5) is 0 Å². The van der Waals surface area contributed by atoms with Crippen LogP contribution < -0.4 is 0 Å². The van der Waals surface area contributed by atoms with Crippen molar-refractivity contribution in [2.75, 3.05) is 13.2 Å². The molecule has 3 aliphatic rings. The van der Waals surface area contributed by atoms with Crippen LogP contribution in [0.1, 0.15) is 74.1 Å². The van der Waals surface area contributed by atoms with E-state index in [9.17, 15) is 0 Å². The third-order valence-electron chi connectivity index (χ3n) is 3.71. The van der Waals surface area contributed by atoms with Gasteiger partial charge in [-0.15, -0.1) is 0 Å². The van der Waals surface area contributed by atoms with E-state index in [-0.39, 0.29) is 53.8 Å². The average molecular weight is 692 g/mol. The van der Waals surface area contributed by atoms with E-state index < -0.39 is 5.79 Å². The third kappa shape index (κ3) is 8.10. The molecule has 0 radical (unpaired) electrons. The van der Waals surface area contributed by atoms with Crippen LogP contribution in [0, 0.1) is 0 Å². The second-order valence-electron chi connectivity index (χ2n) is 7.25. The van der Waals surface area contributed by atoms with Crippen LogP contribution in [-0.2, 0) is 56.3 Å². The summed E-state index contributed by atoms with van der Waals surface area (Å²) in [4.78, 5) is 0. The van der Waals surface area contributed by atoms with Gasteiger partial charge in [0.15, 0.2) is 5.79 Å². The van der Waals surface area contributed by atoms with Crippen LogP contribution in [0.5, 0.6) is 0 Å². The molecule has 5 heteroatoms. The van der Waals surface area contributed by atoms with E-state index in [1.165, 1.54) is 24.0 Å². The Bertz CT molecular complexity index is 423. The van der Waals surface area contributed by atoms with Gasteiger partial charge in [0.25, 0.3) is 0 Å². The number of hydrogen-bond acceptors (Lipinski definition) is 3. The minimum absolute atomic E-state index is 0. The minimum Gasteiger partial charge on any atom is -0.367 e. The van der Waals surface area contributed by atoms with Crippen molar-refractivity contribution < 1.29 is 56.3 Å². The van der Waals surface area contributed by atoms with Crippen LogP contribution in [0.3, 0.4) is 0 Å². The molecule has 1 atom stereocenters. The van der Waals surface area contributed by atoms with E-state index in [1.807, 2.05) is 0 Å². The Morgan fingerprint density at radius 3 is 1.92 bits per heavy atom. The number of fused-ring (bicyclic) bond motifs is 2. The van der Waals surface area contributed by atoms with E-state index in [2.05, 4.69) is 60.6 Å². The fourth-order valence-electron chi connectivity index (χ4n) is 3.10. The number of rotatable bonds is 0. The first-order chi connectivity index (χ1) is 10.8. The smallest absolute Gasteiger partial charge is 0.196 e. The molecule has 2 fully saturated rings. The van der Waals surface area contributed by atoms with Gasteiger partial charge in [-0.3, -0.25) is 0 Å². The van der Waals surface area contributed by atoms with Crippen molar-refractivity contribution in [2.45, 2.75) is 91.6 Å². The van der Waals surface area contributed by atoms with E-state index in [0.717, 1.165) is 12.8 Å². The third-order valence-corrected chi connectivity index (χ3v) is 3.71. The van der Waals surface area contributed by atoms with Gasteiger partial charge in [0, 0.05) is 54.1 Å². The van der Waals surface area contributed by atoms with Crippen molar-refractivity contribution in [3.63, 3.8) is 0 Å². The monoisotopic (exact) mass is 692 g/mol. The molecule has 0 amide bonds. The van der Waals surface area contributed by atoms with Crippen LogP contribution in [0.15, 0.2) is 23.3 Å². The average Bonchev–Trinajstić information content (AvgIpc) is 2.87. The molecule has 0 saturated carbocycles. The Morgan fingerprint density at radius 1 is 0.960 bits per heavy atom. The largest absolute Gasteiger partial charge is 0.367 e. The quantitative estimate of drug-likeness (QED) is 0.341. The zero-order valence-corrected chi connectivity index (χ0v) is 22.9. The first-order valence-corrected chi connectivity index (χ1v) is 9.17. The minimum atomic E-state index is -0.524. The van der Waals surface area contributed by atoms with Crippen molar-refractivity contribution in [2.24, 2.45) is 0 Å². The molecule has 0 bridgehead atoms. The van der Waals surface area contributed by atoms with Crippen molar-refractivity contribution in [3.8, 4) is 0 Å². The molecule has 0 aromatic carbocycles. The summed E-state index contributed by atoms with van der Waals surface area (Å²) in [6.45, 7) is 16.2. The Balaban J connectivity index is 0. The van der Waals surface area contributed by atoms with E-state index in [0.29, 0.717) is 13.2 Å². The molecule has 3 nitrogen and oxygen atoms in total. The van der Waals surface area contributed by atoms with Crippen LogP contribution in [0.25, 0.3) is 0 Å². The van der Waals surface area contributed by atoms with Crippen molar-refractivity contribution in [3.05, 3.63) is 23.3 Å². The zero-order chi connectivity index (χ0) is 17.5. The summed E-state index contributed by atoms with van der Waals surface area (Å²) < 4.78 is 18.0. The van der Waals surface area contributed by atoms with E-state index in [1.54, 1.807) is 0 Å². The van der Waals surface area contributed by atoms with Gasteiger partial charge in [-0.05, 0) is 27.2 Å². The van der Waals surface area contributed by atoms with Gasteiger partial charge in [0.1, 0.15) is 0 Å². The van der Waals surface area contributed by atoms with Crippen LogP contribution in [0.2, 0.25) is 0 Å². The van der Waals surface area contributed by atoms with Gasteiger partial charge in [-0.2, -0.15) is 0 Å². The fraction of sp³-hybridized carbons (Fsp3) is 0.800. The van der Waals surface area contributed by atoms with Gasteiger partial charge in [-0.25, -0.2) is 0 Å². The molecule has 0 N–H and O–H groups in total. The first-order valence-electron chi connectivity index (χ1n) is 9.17.